The summed E-state index contributed by atoms with van der Waals surface area (Å²) in [5.41, 5.74) is 3.45. The van der Waals surface area contributed by atoms with Gasteiger partial charge >= 0.3 is 0 Å². The number of amides is 2. The highest BCUT2D eigenvalue weighted by molar-refractivity contribution is 7.88. The third kappa shape index (κ3) is 2.16. The first-order valence-electron chi connectivity index (χ1n) is 7.98. The molecule has 7 nitrogen and oxygen atoms in total. The van der Waals surface area contributed by atoms with Crippen LogP contribution in [0.15, 0.2) is 48.5 Å². The highest BCUT2D eigenvalue weighted by Gasteiger charge is 2.61. The molecule has 1 heterocycles. The lowest BCUT2D eigenvalue weighted by molar-refractivity contribution is -0.171. The van der Waals surface area contributed by atoms with Crippen LogP contribution in [0.3, 0.4) is 0 Å². The van der Waals surface area contributed by atoms with Crippen molar-refractivity contribution in [2.75, 3.05) is 0 Å². The van der Waals surface area contributed by atoms with E-state index >= 15 is 0 Å². The third-order valence-electron chi connectivity index (χ3n) is 5.25. The number of hydroxylamine groups is 2. The molecule has 2 aromatic rings. The number of hydrogen-bond acceptors (Lipinski definition) is 5. The number of fused-ring (bicyclic) bond motifs is 3. The zero-order valence-corrected chi connectivity index (χ0v) is 14.3. The van der Waals surface area contributed by atoms with Gasteiger partial charge in [0.15, 0.2) is 4.75 Å². The van der Waals surface area contributed by atoms with Crippen LogP contribution in [0.2, 0.25) is 0 Å². The number of nitrogens with zero attached hydrogens (tertiary/aromatic N) is 1. The summed E-state index contributed by atoms with van der Waals surface area (Å²) in [6, 6.07) is 14.8. The lowest BCUT2D eigenvalue weighted by Gasteiger charge is -2.26. The third-order valence-corrected chi connectivity index (χ3v) is 6.72. The van der Waals surface area contributed by atoms with E-state index < -0.39 is 39.0 Å². The second-order valence-corrected chi connectivity index (χ2v) is 8.32. The van der Waals surface area contributed by atoms with E-state index in [4.69, 9.17) is 0 Å². The van der Waals surface area contributed by atoms with E-state index in [2.05, 4.69) is 0 Å². The van der Waals surface area contributed by atoms with Gasteiger partial charge in [0.1, 0.15) is 0 Å². The lowest BCUT2D eigenvalue weighted by Crippen LogP contribution is -2.47. The molecule has 2 amide bonds. The summed E-state index contributed by atoms with van der Waals surface area (Å²) in [6.07, 6.45) is -1.12. The molecule has 134 valence electrons. The van der Waals surface area contributed by atoms with E-state index in [0.29, 0.717) is 0 Å². The Balaban J connectivity index is 1.88. The Labute approximate surface area is 149 Å². The predicted octanol–water partition coefficient (Wildman–Crippen LogP) is 1.96. The molecular formula is C18H15NO6S. The van der Waals surface area contributed by atoms with Gasteiger partial charge in [-0.05, 0) is 28.7 Å². The van der Waals surface area contributed by atoms with Crippen LogP contribution in [0, 0.1) is 0 Å². The van der Waals surface area contributed by atoms with Crippen LogP contribution in [-0.4, -0.2) is 39.8 Å². The van der Waals surface area contributed by atoms with Gasteiger partial charge in [-0.15, -0.1) is 0 Å². The van der Waals surface area contributed by atoms with E-state index in [9.17, 15) is 27.8 Å². The van der Waals surface area contributed by atoms with Crippen molar-refractivity contribution in [3.63, 3.8) is 0 Å². The molecule has 4 rings (SSSR count). The summed E-state index contributed by atoms with van der Waals surface area (Å²) < 4.78 is 31.6. The standard InChI is InChI=1S/C18H15NO6S/c20-16-10-18(26(23,24)25,17(21)19(16)22)9-15-13-7-3-1-5-11(13)12-6-2-4-8-14(12)15/h1-8,15,22H,9-10H2,(H,23,24,25). The van der Waals surface area contributed by atoms with Crippen molar-refractivity contribution in [3.05, 3.63) is 59.7 Å². The molecule has 1 unspecified atom stereocenters. The lowest BCUT2D eigenvalue weighted by atomic mass is 9.85. The average Bonchev–Trinajstić information content (AvgIpc) is 3.04. The highest BCUT2D eigenvalue weighted by Crippen LogP contribution is 2.50. The van der Waals surface area contributed by atoms with Crippen molar-refractivity contribution < 1.29 is 27.8 Å². The molecule has 1 fully saturated rings. The first kappa shape index (κ1) is 16.9. The minimum Gasteiger partial charge on any atom is -0.285 e. The SMILES string of the molecule is O=C1CC(CC2c3ccccc3-c3ccccc32)(S(=O)(=O)O)C(=O)N1O. The molecular weight excluding hydrogens is 358 g/mol. The van der Waals surface area contributed by atoms with Crippen molar-refractivity contribution in [2.24, 2.45) is 0 Å². The van der Waals surface area contributed by atoms with E-state index in [1.54, 1.807) is 12.1 Å². The summed E-state index contributed by atoms with van der Waals surface area (Å²) in [4.78, 5) is 24.2. The maximum absolute atomic E-state index is 12.4. The predicted molar refractivity (Wildman–Crippen MR) is 90.9 cm³/mol. The Hall–Kier alpha value is -2.55. The zero-order valence-electron chi connectivity index (χ0n) is 13.5. The van der Waals surface area contributed by atoms with Crippen LogP contribution in [0.4, 0.5) is 0 Å². The van der Waals surface area contributed by atoms with Crippen molar-refractivity contribution in [2.45, 2.75) is 23.5 Å². The zero-order chi connectivity index (χ0) is 18.7. The van der Waals surface area contributed by atoms with Gasteiger partial charge in [0.05, 0.1) is 6.42 Å². The monoisotopic (exact) mass is 373 g/mol. The van der Waals surface area contributed by atoms with Crippen molar-refractivity contribution in [1.29, 1.82) is 0 Å². The number of imide groups is 1. The van der Waals surface area contributed by atoms with Crippen LogP contribution < -0.4 is 0 Å². The van der Waals surface area contributed by atoms with E-state index in [-0.39, 0.29) is 11.5 Å². The molecule has 2 N–H and O–H groups in total. The summed E-state index contributed by atoms with van der Waals surface area (Å²) in [5, 5.41) is 9.38. The number of carbonyl (C=O) groups excluding carboxylic acids is 2. The quantitative estimate of drug-likeness (QED) is 0.483. The number of carbonyl (C=O) groups is 2. The summed E-state index contributed by atoms with van der Waals surface area (Å²) in [7, 11) is -4.94. The summed E-state index contributed by atoms with van der Waals surface area (Å²) >= 11 is 0. The summed E-state index contributed by atoms with van der Waals surface area (Å²) in [5.74, 6) is -2.87. The largest absolute Gasteiger partial charge is 0.285 e. The van der Waals surface area contributed by atoms with Gasteiger partial charge in [0.2, 0.25) is 0 Å². The molecule has 1 saturated heterocycles. The molecule has 0 spiro atoms. The van der Waals surface area contributed by atoms with Gasteiger partial charge in [0, 0.05) is 5.92 Å². The Kier molecular flexibility index (Phi) is 3.56. The minimum atomic E-state index is -4.94. The van der Waals surface area contributed by atoms with Crippen LogP contribution in [0.1, 0.15) is 29.9 Å². The molecule has 0 aromatic heterocycles. The van der Waals surface area contributed by atoms with E-state index in [0.717, 1.165) is 22.3 Å². The fourth-order valence-electron chi connectivity index (χ4n) is 3.98. The van der Waals surface area contributed by atoms with E-state index in [1.165, 1.54) is 0 Å². The summed E-state index contributed by atoms with van der Waals surface area (Å²) in [6.45, 7) is 0. The molecule has 2 aromatic carbocycles. The van der Waals surface area contributed by atoms with Gasteiger partial charge in [-0.3, -0.25) is 19.3 Å². The van der Waals surface area contributed by atoms with Gasteiger partial charge in [-0.2, -0.15) is 13.5 Å². The van der Waals surface area contributed by atoms with Crippen LogP contribution in [0.5, 0.6) is 0 Å². The second kappa shape index (κ2) is 5.47. The van der Waals surface area contributed by atoms with Crippen molar-refractivity contribution >= 4 is 21.9 Å². The molecule has 1 aliphatic heterocycles. The number of hydrogen-bond donors (Lipinski definition) is 2. The van der Waals surface area contributed by atoms with Gasteiger partial charge in [-0.1, -0.05) is 48.5 Å². The van der Waals surface area contributed by atoms with Crippen LogP contribution in [-0.2, 0) is 19.7 Å². The molecule has 0 saturated carbocycles. The Bertz CT molecular complexity index is 1000. The van der Waals surface area contributed by atoms with Gasteiger partial charge in [0.25, 0.3) is 21.9 Å². The molecule has 1 aliphatic carbocycles. The molecule has 8 heteroatoms. The molecule has 1 atom stereocenters. The molecule has 26 heavy (non-hydrogen) atoms. The first-order chi connectivity index (χ1) is 12.3. The Morgan fingerprint density at radius 3 is 1.92 bits per heavy atom. The Morgan fingerprint density at radius 2 is 1.50 bits per heavy atom. The van der Waals surface area contributed by atoms with Gasteiger partial charge in [-0.25, -0.2) is 0 Å². The fraction of sp³-hybridized carbons (Fsp3) is 0.222. The van der Waals surface area contributed by atoms with Crippen molar-refractivity contribution in [3.8, 4) is 11.1 Å². The number of rotatable bonds is 3. The average molecular weight is 373 g/mol. The van der Waals surface area contributed by atoms with Crippen LogP contribution >= 0.6 is 0 Å². The molecule has 2 aliphatic rings. The van der Waals surface area contributed by atoms with Gasteiger partial charge < -0.3 is 0 Å². The van der Waals surface area contributed by atoms with E-state index in [1.807, 2.05) is 36.4 Å². The maximum atomic E-state index is 12.4. The topological polar surface area (TPSA) is 112 Å². The highest BCUT2D eigenvalue weighted by atomic mass is 32.2. The smallest absolute Gasteiger partial charge is 0.280 e. The minimum absolute atomic E-state index is 0.208. The van der Waals surface area contributed by atoms with Crippen LogP contribution in [0.25, 0.3) is 11.1 Å². The molecule has 0 bridgehead atoms. The fourth-order valence-corrected chi connectivity index (χ4v) is 4.97. The normalized spacial score (nSPS) is 22.6. The second-order valence-electron chi connectivity index (χ2n) is 6.59. The Morgan fingerprint density at radius 1 is 1.00 bits per heavy atom. The molecule has 0 radical (unpaired) electrons. The van der Waals surface area contributed by atoms with Crippen molar-refractivity contribution in [1.82, 2.24) is 5.06 Å². The number of benzene rings is 2. The first-order valence-corrected chi connectivity index (χ1v) is 9.42. The maximum Gasteiger partial charge on any atom is 0.280 e.